The largest absolute Gasteiger partial charge is 0.360 e. The van der Waals surface area contributed by atoms with Crippen molar-refractivity contribution >= 4 is 27.0 Å². The topological polar surface area (TPSA) is 84.5 Å². The maximum absolute atomic E-state index is 13.2. The molecule has 0 radical (unpaired) electrons. The molecule has 2 aliphatic rings. The first-order chi connectivity index (χ1) is 14.3. The fourth-order valence-electron chi connectivity index (χ4n) is 5.05. The second kappa shape index (κ2) is 6.81. The SMILES string of the molecule is Cc1noc(C)c1S(=O)(=O)N1CC2CN(c3nc4ccccc4n3C(C)C)CC2C1. The van der Waals surface area contributed by atoms with E-state index in [4.69, 9.17) is 9.51 Å². The Labute approximate surface area is 176 Å². The van der Waals surface area contributed by atoms with E-state index in [9.17, 15) is 8.42 Å². The van der Waals surface area contributed by atoms with Gasteiger partial charge in [0.1, 0.15) is 10.6 Å². The first kappa shape index (κ1) is 19.6. The summed E-state index contributed by atoms with van der Waals surface area (Å²) in [6.45, 7) is 10.4. The van der Waals surface area contributed by atoms with Crippen molar-refractivity contribution in [2.75, 3.05) is 31.1 Å². The van der Waals surface area contributed by atoms with E-state index in [1.165, 1.54) is 0 Å². The average Bonchev–Trinajstić information content (AvgIpc) is 3.41. The highest BCUT2D eigenvalue weighted by molar-refractivity contribution is 7.89. The number of rotatable bonds is 4. The number of anilines is 1. The van der Waals surface area contributed by atoms with Crippen LogP contribution in [0.25, 0.3) is 11.0 Å². The summed E-state index contributed by atoms with van der Waals surface area (Å²) in [6, 6.07) is 8.51. The molecule has 2 saturated heterocycles. The first-order valence-electron chi connectivity index (χ1n) is 10.4. The number of nitrogens with zero attached hydrogens (tertiary/aromatic N) is 5. The smallest absolute Gasteiger partial charge is 0.248 e. The van der Waals surface area contributed by atoms with Gasteiger partial charge in [0, 0.05) is 32.2 Å². The number of fused-ring (bicyclic) bond motifs is 2. The average molecular weight is 430 g/mol. The molecular weight excluding hydrogens is 402 g/mol. The zero-order chi connectivity index (χ0) is 21.2. The molecule has 0 saturated carbocycles. The predicted octanol–water partition coefficient (Wildman–Crippen LogP) is 2.98. The Morgan fingerprint density at radius 1 is 1.07 bits per heavy atom. The summed E-state index contributed by atoms with van der Waals surface area (Å²) in [7, 11) is -3.59. The molecule has 1 aromatic carbocycles. The third kappa shape index (κ3) is 2.86. The zero-order valence-corrected chi connectivity index (χ0v) is 18.6. The van der Waals surface area contributed by atoms with Gasteiger partial charge in [-0.3, -0.25) is 0 Å². The van der Waals surface area contributed by atoms with Crippen molar-refractivity contribution in [3.63, 3.8) is 0 Å². The standard InChI is InChI=1S/C21H27N5O3S/c1-13(2)26-19-8-6-5-7-18(19)22-21(26)24-9-16-11-25(12-17(16)10-24)30(27,28)20-14(3)23-29-15(20)4/h5-8,13,16-17H,9-12H2,1-4H3. The summed E-state index contributed by atoms with van der Waals surface area (Å²) in [5, 5.41) is 3.82. The molecule has 5 rings (SSSR count). The molecule has 3 aromatic rings. The molecule has 0 amide bonds. The van der Waals surface area contributed by atoms with Crippen LogP contribution >= 0.6 is 0 Å². The van der Waals surface area contributed by atoms with Crippen LogP contribution in [0.2, 0.25) is 0 Å². The number of hydrogen-bond acceptors (Lipinski definition) is 6. The first-order valence-corrected chi connectivity index (χ1v) is 11.9. The van der Waals surface area contributed by atoms with E-state index in [0.717, 1.165) is 30.1 Å². The Kier molecular flexibility index (Phi) is 4.44. The van der Waals surface area contributed by atoms with Gasteiger partial charge in [-0.15, -0.1) is 0 Å². The van der Waals surface area contributed by atoms with Crippen LogP contribution < -0.4 is 4.90 Å². The van der Waals surface area contributed by atoms with Crippen molar-refractivity contribution in [2.24, 2.45) is 11.8 Å². The van der Waals surface area contributed by atoms with Gasteiger partial charge in [0.2, 0.25) is 16.0 Å². The quantitative estimate of drug-likeness (QED) is 0.634. The second-order valence-electron chi connectivity index (χ2n) is 8.76. The summed E-state index contributed by atoms with van der Waals surface area (Å²) in [5.74, 6) is 1.93. The summed E-state index contributed by atoms with van der Waals surface area (Å²) >= 11 is 0. The van der Waals surface area contributed by atoms with Crippen molar-refractivity contribution < 1.29 is 12.9 Å². The number of aryl methyl sites for hydroxylation is 2. The second-order valence-corrected chi connectivity index (χ2v) is 10.6. The van der Waals surface area contributed by atoms with Crippen LogP contribution in [0.15, 0.2) is 33.7 Å². The monoisotopic (exact) mass is 429 g/mol. The van der Waals surface area contributed by atoms with Gasteiger partial charge in [0.25, 0.3) is 0 Å². The molecule has 2 fully saturated rings. The Morgan fingerprint density at radius 2 is 1.73 bits per heavy atom. The van der Waals surface area contributed by atoms with Gasteiger partial charge < -0.3 is 14.0 Å². The number of aromatic nitrogens is 3. The van der Waals surface area contributed by atoms with Crippen molar-refractivity contribution in [2.45, 2.75) is 38.6 Å². The van der Waals surface area contributed by atoms with Crippen LogP contribution in [-0.2, 0) is 10.0 Å². The fraction of sp³-hybridized carbons (Fsp3) is 0.524. The molecular formula is C21H27N5O3S. The van der Waals surface area contributed by atoms with Crippen molar-refractivity contribution in [3.05, 3.63) is 35.7 Å². The normalized spacial score (nSPS) is 22.5. The van der Waals surface area contributed by atoms with E-state index < -0.39 is 10.0 Å². The van der Waals surface area contributed by atoms with Crippen LogP contribution in [0.3, 0.4) is 0 Å². The lowest BCUT2D eigenvalue weighted by atomic mass is 10.0. The molecule has 2 atom stereocenters. The number of hydrogen-bond donors (Lipinski definition) is 0. The molecule has 8 nitrogen and oxygen atoms in total. The molecule has 2 aromatic heterocycles. The van der Waals surface area contributed by atoms with Crippen LogP contribution in [0.4, 0.5) is 5.95 Å². The molecule has 160 valence electrons. The van der Waals surface area contributed by atoms with Crippen LogP contribution in [0.1, 0.15) is 31.3 Å². The van der Waals surface area contributed by atoms with E-state index >= 15 is 0 Å². The molecule has 2 aliphatic heterocycles. The van der Waals surface area contributed by atoms with Gasteiger partial charge in [-0.05, 0) is 51.7 Å². The highest BCUT2D eigenvalue weighted by atomic mass is 32.2. The maximum Gasteiger partial charge on any atom is 0.248 e. The minimum absolute atomic E-state index is 0.223. The van der Waals surface area contributed by atoms with Gasteiger partial charge in [-0.1, -0.05) is 17.3 Å². The van der Waals surface area contributed by atoms with E-state index in [1.807, 2.05) is 18.2 Å². The molecule has 4 heterocycles. The molecule has 0 spiro atoms. The number of benzene rings is 1. The van der Waals surface area contributed by atoms with E-state index in [0.29, 0.717) is 42.4 Å². The molecule has 0 N–H and O–H groups in total. The molecule has 30 heavy (non-hydrogen) atoms. The Morgan fingerprint density at radius 3 is 2.33 bits per heavy atom. The Bertz CT molecular complexity index is 1180. The predicted molar refractivity (Wildman–Crippen MR) is 114 cm³/mol. The van der Waals surface area contributed by atoms with Crippen molar-refractivity contribution in [3.8, 4) is 0 Å². The summed E-state index contributed by atoms with van der Waals surface area (Å²) < 4.78 is 35.3. The highest BCUT2D eigenvalue weighted by Crippen LogP contribution is 2.38. The van der Waals surface area contributed by atoms with Crippen molar-refractivity contribution in [1.29, 1.82) is 0 Å². The molecule has 0 aliphatic carbocycles. The van der Waals surface area contributed by atoms with E-state index in [2.05, 4.69) is 34.5 Å². The Hall–Kier alpha value is -2.39. The minimum Gasteiger partial charge on any atom is -0.360 e. The number of sulfonamides is 1. The molecule has 9 heteroatoms. The summed E-state index contributed by atoms with van der Waals surface area (Å²) in [6.07, 6.45) is 0. The number of para-hydroxylation sites is 2. The van der Waals surface area contributed by atoms with Crippen molar-refractivity contribution in [1.82, 2.24) is 19.0 Å². The maximum atomic E-state index is 13.2. The van der Waals surface area contributed by atoms with Gasteiger partial charge >= 0.3 is 0 Å². The molecule has 0 bridgehead atoms. The van der Waals surface area contributed by atoms with Crippen LogP contribution in [0, 0.1) is 25.7 Å². The zero-order valence-electron chi connectivity index (χ0n) is 17.7. The van der Waals surface area contributed by atoms with E-state index in [1.54, 1.807) is 18.2 Å². The Balaban J connectivity index is 1.40. The lowest BCUT2D eigenvalue weighted by molar-refractivity contribution is 0.389. The van der Waals surface area contributed by atoms with Crippen LogP contribution in [-0.4, -0.2) is 53.6 Å². The van der Waals surface area contributed by atoms with Gasteiger partial charge in [-0.25, -0.2) is 13.4 Å². The lowest BCUT2D eigenvalue weighted by Crippen LogP contribution is -2.34. The lowest BCUT2D eigenvalue weighted by Gasteiger charge is -2.24. The van der Waals surface area contributed by atoms with Gasteiger partial charge in [0.05, 0.1) is 11.0 Å². The third-order valence-corrected chi connectivity index (χ3v) is 8.47. The summed E-state index contributed by atoms with van der Waals surface area (Å²) in [4.78, 5) is 7.46. The summed E-state index contributed by atoms with van der Waals surface area (Å²) in [5.41, 5.74) is 2.57. The third-order valence-electron chi connectivity index (χ3n) is 6.39. The van der Waals surface area contributed by atoms with E-state index in [-0.39, 0.29) is 4.90 Å². The van der Waals surface area contributed by atoms with Gasteiger partial charge in [0.15, 0.2) is 5.76 Å². The minimum atomic E-state index is -3.59. The fourth-order valence-corrected chi connectivity index (χ4v) is 6.89. The highest BCUT2D eigenvalue weighted by Gasteiger charge is 2.46. The molecule has 2 unspecified atom stereocenters. The number of imidazole rings is 1. The van der Waals surface area contributed by atoms with Crippen LogP contribution in [0.5, 0.6) is 0 Å². The van der Waals surface area contributed by atoms with Gasteiger partial charge in [-0.2, -0.15) is 4.31 Å².